The van der Waals surface area contributed by atoms with E-state index in [-0.39, 0.29) is 0 Å². The summed E-state index contributed by atoms with van der Waals surface area (Å²) in [4.78, 5) is 4.88. The second kappa shape index (κ2) is 11.9. The van der Waals surface area contributed by atoms with Gasteiger partial charge in [0, 0.05) is 12.6 Å². The molecule has 110 valence electrons. The predicted molar refractivity (Wildman–Crippen MR) is 82.3 cm³/mol. The molecule has 1 N–H and O–H groups in total. The zero-order valence-electron chi connectivity index (χ0n) is 13.3. The molecule has 3 nitrogen and oxygen atoms in total. The van der Waals surface area contributed by atoms with Crippen LogP contribution in [-0.4, -0.2) is 62.7 Å². The van der Waals surface area contributed by atoms with Gasteiger partial charge < -0.3 is 10.2 Å². The number of likely N-dealkylation sites (N-methyl/N-ethyl adjacent to an activating group) is 2. The van der Waals surface area contributed by atoms with E-state index < -0.39 is 0 Å². The first-order valence-electron chi connectivity index (χ1n) is 7.71. The fourth-order valence-corrected chi connectivity index (χ4v) is 2.43. The van der Waals surface area contributed by atoms with Crippen molar-refractivity contribution in [2.75, 3.05) is 46.8 Å². The van der Waals surface area contributed by atoms with Crippen LogP contribution in [0.3, 0.4) is 0 Å². The van der Waals surface area contributed by atoms with Crippen molar-refractivity contribution in [2.45, 2.75) is 52.5 Å². The second-order valence-corrected chi connectivity index (χ2v) is 5.51. The van der Waals surface area contributed by atoms with E-state index in [4.69, 9.17) is 0 Å². The highest BCUT2D eigenvalue weighted by atomic mass is 15.2. The van der Waals surface area contributed by atoms with Crippen molar-refractivity contribution in [3.8, 4) is 0 Å². The summed E-state index contributed by atoms with van der Waals surface area (Å²) in [6.45, 7) is 12.7. The molecule has 3 heteroatoms. The Hall–Kier alpha value is -0.120. The average Bonchev–Trinajstić information content (AvgIpc) is 2.31. The minimum Gasteiger partial charge on any atom is -0.317 e. The minimum atomic E-state index is 0.673. The maximum absolute atomic E-state index is 3.38. The molecule has 0 rings (SSSR count). The number of nitrogens with one attached hydrogen (secondary N) is 1. The number of unbranched alkanes of at least 4 members (excludes halogenated alkanes) is 3. The number of hydrogen-bond donors (Lipinski definition) is 1. The fraction of sp³-hybridized carbons (Fsp3) is 1.00. The summed E-state index contributed by atoms with van der Waals surface area (Å²) in [5.41, 5.74) is 0. The monoisotopic (exact) mass is 257 g/mol. The van der Waals surface area contributed by atoms with Crippen LogP contribution < -0.4 is 5.32 Å². The van der Waals surface area contributed by atoms with Gasteiger partial charge in [0.2, 0.25) is 0 Å². The first-order chi connectivity index (χ1) is 8.61. The van der Waals surface area contributed by atoms with Crippen LogP contribution in [0.15, 0.2) is 0 Å². The molecule has 1 unspecified atom stereocenters. The summed E-state index contributed by atoms with van der Waals surface area (Å²) in [5.74, 6) is 0. The first kappa shape index (κ1) is 17.9. The van der Waals surface area contributed by atoms with E-state index in [1.807, 2.05) is 0 Å². The van der Waals surface area contributed by atoms with Crippen molar-refractivity contribution in [1.29, 1.82) is 0 Å². The van der Waals surface area contributed by atoms with Gasteiger partial charge in [-0.25, -0.2) is 0 Å². The van der Waals surface area contributed by atoms with Gasteiger partial charge in [-0.2, -0.15) is 0 Å². The van der Waals surface area contributed by atoms with Crippen molar-refractivity contribution in [1.82, 2.24) is 15.1 Å². The Morgan fingerprint density at radius 2 is 1.67 bits per heavy atom. The zero-order valence-corrected chi connectivity index (χ0v) is 13.3. The smallest absolute Gasteiger partial charge is 0.0194 e. The maximum Gasteiger partial charge on any atom is 0.0194 e. The lowest BCUT2D eigenvalue weighted by atomic mass is 10.1. The Morgan fingerprint density at radius 3 is 2.22 bits per heavy atom. The summed E-state index contributed by atoms with van der Waals surface area (Å²) >= 11 is 0. The van der Waals surface area contributed by atoms with Crippen LogP contribution in [0.5, 0.6) is 0 Å². The Kier molecular flexibility index (Phi) is 11.9. The highest BCUT2D eigenvalue weighted by molar-refractivity contribution is 4.68. The lowest BCUT2D eigenvalue weighted by Gasteiger charge is -2.29. The summed E-state index contributed by atoms with van der Waals surface area (Å²) in [6, 6.07) is 0.673. The van der Waals surface area contributed by atoms with Crippen molar-refractivity contribution in [3.63, 3.8) is 0 Å². The van der Waals surface area contributed by atoms with Gasteiger partial charge in [-0.15, -0.1) is 0 Å². The van der Waals surface area contributed by atoms with Gasteiger partial charge in [-0.1, -0.05) is 26.7 Å². The van der Waals surface area contributed by atoms with E-state index in [0.29, 0.717) is 6.04 Å². The maximum atomic E-state index is 3.38. The van der Waals surface area contributed by atoms with Gasteiger partial charge in [0.05, 0.1) is 0 Å². The van der Waals surface area contributed by atoms with Crippen molar-refractivity contribution in [2.24, 2.45) is 0 Å². The molecule has 0 radical (unpaired) electrons. The molecule has 0 aliphatic rings. The molecule has 0 spiro atoms. The van der Waals surface area contributed by atoms with Gasteiger partial charge in [-0.3, -0.25) is 4.90 Å². The third kappa shape index (κ3) is 9.86. The quantitative estimate of drug-likeness (QED) is 0.542. The van der Waals surface area contributed by atoms with E-state index in [0.717, 1.165) is 13.1 Å². The molecule has 0 saturated heterocycles. The molecule has 0 aliphatic carbocycles. The van der Waals surface area contributed by atoms with Gasteiger partial charge in [0.25, 0.3) is 0 Å². The molecule has 0 amide bonds. The summed E-state index contributed by atoms with van der Waals surface area (Å²) in [6.07, 6.45) is 5.41. The van der Waals surface area contributed by atoms with Crippen LogP contribution in [0, 0.1) is 0 Å². The summed E-state index contributed by atoms with van der Waals surface area (Å²) in [7, 11) is 4.32. The molecule has 0 aliphatic heterocycles. The molecule has 0 aromatic carbocycles. The predicted octanol–water partition coefficient (Wildman–Crippen LogP) is 2.43. The van der Waals surface area contributed by atoms with Crippen LogP contribution in [0.1, 0.15) is 46.5 Å². The SMILES string of the molecule is CCNCCCCCCN(CC)C(C)CN(C)C. The summed E-state index contributed by atoms with van der Waals surface area (Å²) < 4.78 is 0. The third-order valence-corrected chi connectivity index (χ3v) is 3.46. The number of hydrogen-bond acceptors (Lipinski definition) is 3. The Labute approximate surface area is 115 Å². The van der Waals surface area contributed by atoms with E-state index in [1.54, 1.807) is 0 Å². The summed E-state index contributed by atoms with van der Waals surface area (Å²) in [5, 5.41) is 3.38. The molecule has 0 aromatic rings. The fourth-order valence-electron chi connectivity index (χ4n) is 2.43. The molecule has 0 saturated carbocycles. The lowest BCUT2D eigenvalue weighted by molar-refractivity contribution is 0.178. The molecular formula is C15H35N3. The van der Waals surface area contributed by atoms with Crippen LogP contribution in [0.2, 0.25) is 0 Å². The van der Waals surface area contributed by atoms with Gasteiger partial charge in [-0.05, 0) is 60.0 Å². The molecule has 0 heterocycles. The van der Waals surface area contributed by atoms with Crippen molar-refractivity contribution in [3.05, 3.63) is 0 Å². The zero-order chi connectivity index (χ0) is 13.8. The lowest BCUT2D eigenvalue weighted by Crippen LogP contribution is -2.40. The Bertz CT molecular complexity index is 171. The highest BCUT2D eigenvalue weighted by Crippen LogP contribution is 2.05. The first-order valence-corrected chi connectivity index (χ1v) is 7.71. The van der Waals surface area contributed by atoms with Crippen LogP contribution in [-0.2, 0) is 0 Å². The molecule has 1 atom stereocenters. The second-order valence-electron chi connectivity index (χ2n) is 5.51. The average molecular weight is 257 g/mol. The molecule has 0 bridgehead atoms. The van der Waals surface area contributed by atoms with Crippen molar-refractivity contribution < 1.29 is 0 Å². The molecule has 18 heavy (non-hydrogen) atoms. The molecular weight excluding hydrogens is 222 g/mol. The van der Waals surface area contributed by atoms with Crippen LogP contribution in [0.4, 0.5) is 0 Å². The van der Waals surface area contributed by atoms with Crippen LogP contribution >= 0.6 is 0 Å². The largest absolute Gasteiger partial charge is 0.317 e. The van der Waals surface area contributed by atoms with Gasteiger partial charge >= 0.3 is 0 Å². The van der Waals surface area contributed by atoms with E-state index in [1.165, 1.54) is 45.3 Å². The Morgan fingerprint density at radius 1 is 1.00 bits per heavy atom. The molecule has 0 aromatic heterocycles. The normalized spacial score (nSPS) is 13.5. The number of rotatable bonds is 12. The van der Waals surface area contributed by atoms with E-state index >= 15 is 0 Å². The number of nitrogens with zero attached hydrogens (tertiary/aromatic N) is 2. The highest BCUT2D eigenvalue weighted by Gasteiger charge is 2.11. The van der Waals surface area contributed by atoms with Crippen molar-refractivity contribution >= 4 is 0 Å². The third-order valence-electron chi connectivity index (χ3n) is 3.46. The minimum absolute atomic E-state index is 0.673. The van der Waals surface area contributed by atoms with E-state index in [9.17, 15) is 0 Å². The van der Waals surface area contributed by atoms with Gasteiger partial charge in [0.1, 0.15) is 0 Å². The van der Waals surface area contributed by atoms with E-state index in [2.05, 4.69) is 50.0 Å². The Balaban J connectivity index is 3.55. The topological polar surface area (TPSA) is 18.5 Å². The van der Waals surface area contributed by atoms with Gasteiger partial charge in [0.15, 0.2) is 0 Å². The van der Waals surface area contributed by atoms with Crippen LogP contribution in [0.25, 0.3) is 0 Å². The standard InChI is InChI=1S/C15H35N3/c1-6-16-12-10-8-9-11-13-18(7-2)15(3)14-17(4)5/h15-16H,6-14H2,1-5H3. The molecule has 0 fully saturated rings.